The van der Waals surface area contributed by atoms with E-state index in [2.05, 4.69) is 9.88 Å². The molecule has 0 N–H and O–H groups in total. The smallest absolute Gasteiger partial charge is 0.354 e. The van der Waals surface area contributed by atoms with Crippen molar-refractivity contribution < 1.29 is 13.2 Å². The highest BCUT2D eigenvalue weighted by atomic mass is 32.1. The molecule has 1 saturated heterocycles. The van der Waals surface area contributed by atoms with Crippen molar-refractivity contribution in [3.8, 4) is 0 Å². The minimum atomic E-state index is -4.35. The number of hydrogen-bond donors (Lipinski definition) is 0. The first-order valence-electron chi connectivity index (χ1n) is 7.57. The minimum Gasteiger partial charge on any atom is -0.354 e. The fourth-order valence-electron chi connectivity index (χ4n) is 2.69. The SMILES string of the molecule is Cn1ccn(CN2CCN(c3ccc(C(F)(F)F)cn3)CC2)c1=S. The van der Waals surface area contributed by atoms with E-state index in [0.29, 0.717) is 12.5 Å². The molecule has 0 radical (unpaired) electrons. The summed E-state index contributed by atoms with van der Waals surface area (Å²) in [5.41, 5.74) is -0.719. The second-order valence-corrected chi connectivity index (χ2v) is 6.18. The predicted octanol–water partition coefficient (Wildman–Crippen LogP) is 2.75. The van der Waals surface area contributed by atoms with Crippen LogP contribution in [0.25, 0.3) is 0 Å². The molecule has 2 aromatic rings. The lowest BCUT2D eigenvalue weighted by Crippen LogP contribution is -2.47. The Balaban J connectivity index is 1.59. The van der Waals surface area contributed by atoms with Crippen LogP contribution in [-0.4, -0.2) is 45.2 Å². The molecule has 0 unspecified atom stereocenters. The van der Waals surface area contributed by atoms with E-state index >= 15 is 0 Å². The van der Waals surface area contributed by atoms with Gasteiger partial charge in [0.05, 0.1) is 12.2 Å². The van der Waals surface area contributed by atoms with Crippen molar-refractivity contribution >= 4 is 18.0 Å². The van der Waals surface area contributed by atoms with E-state index in [-0.39, 0.29) is 0 Å². The number of halogens is 3. The van der Waals surface area contributed by atoms with Gasteiger partial charge in [-0.3, -0.25) is 4.90 Å². The number of nitrogens with zero attached hydrogens (tertiary/aromatic N) is 5. The monoisotopic (exact) mass is 357 g/mol. The number of rotatable bonds is 3. The summed E-state index contributed by atoms with van der Waals surface area (Å²) in [6.07, 6.45) is 0.418. The van der Waals surface area contributed by atoms with Crippen LogP contribution in [0.2, 0.25) is 0 Å². The lowest BCUT2D eigenvalue weighted by atomic mass is 10.2. The van der Waals surface area contributed by atoms with Crippen molar-refractivity contribution in [2.45, 2.75) is 12.8 Å². The summed E-state index contributed by atoms with van der Waals surface area (Å²) in [6, 6.07) is 2.52. The highest BCUT2D eigenvalue weighted by Gasteiger charge is 2.31. The van der Waals surface area contributed by atoms with Crippen molar-refractivity contribution in [3.05, 3.63) is 41.1 Å². The Kier molecular flexibility index (Phi) is 4.64. The first kappa shape index (κ1) is 17.0. The normalized spacial score (nSPS) is 16.6. The van der Waals surface area contributed by atoms with Crippen LogP contribution in [0.15, 0.2) is 30.7 Å². The molecule has 130 valence electrons. The molecule has 9 heteroatoms. The number of imidazole rings is 1. The van der Waals surface area contributed by atoms with E-state index in [9.17, 15) is 13.2 Å². The number of pyridine rings is 1. The predicted molar refractivity (Wildman–Crippen MR) is 87.3 cm³/mol. The summed E-state index contributed by atoms with van der Waals surface area (Å²) in [4.78, 5) is 8.22. The highest BCUT2D eigenvalue weighted by Crippen LogP contribution is 2.29. The fraction of sp³-hybridized carbons (Fsp3) is 0.467. The summed E-state index contributed by atoms with van der Waals surface area (Å²) in [6.45, 7) is 3.77. The van der Waals surface area contributed by atoms with Crippen LogP contribution in [0.3, 0.4) is 0 Å². The van der Waals surface area contributed by atoms with Crippen LogP contribution >= 0.6 is 12.2 Å². The lowest BCUT2D eigenvalue weighted by Gasteiger charge is -2.35. The van der Waals surface area contributed by atoms with Gasteiger partial charge in [-0.1, -0.05) is 0 Å². The van der Waals surface area contributed by atoms with Crippen LogP contribution in [0.1, 0.15) is 5.56 Å². The van der Waals surface area contributed by atoms with Crippen LogP contribution < -0.4 is 4.90 Å². The Morgan fingerprint density at radius 2 is 1.83 bits per heavy atom. The maximum atomic E-state index is 12.6. The zero-order valence-electron chi connectivity index (χ0n) is 13.2. The van der Waals surface area contributed by atoms with Gasteiger partial charge in [0.2, 0.25) is 0 Å². The Labute approximate surface area is 142 Å². The summed E-state index contributed by atoms with van der Waals surface area (Å²) in [7, 11) is 1.91. The molecular weight excluding hydrogens is 339 g/mol. The molecule has 1 aliphatic heterocycles. The molecule has 24 heavy (non-hydrogen) atoms. The quantitative estimate of drug-likeness (QED) is 0.790. The molecule has 0 aliphatic carbocycles. The molecule has 0 aromatic carbocycles. The first-order valence-corrected chi connectivity index (χ1v) is 7.98. The van der Waals surface area contributed by atoms with E-state index < -0.39 is 11.7 Å². The van der Waals surface area contributed by atoms with Crippen molar-refractivity contribution in [2.75, 3.05) is 31.1 Å². The molecule has 2 aromatic heterocycles. The summed E-state index contributed by atoms with van der Waals surface area (Å²) < 4.78 is 42.4. The number of hydrogen-bond acceptors (Lipinski definition) is 4. The Morgan fingerprint density at radius 1 is 1.12 bits per heavy atom. The second kappa shape index (κ2) is 6.56. The molecule has 1 fully saturated rings. The number of aryl methyl sites for hydroxylation is 1. The third-order valence-electron chi connectivity index (χ3n) is 4.14. The third kappa shape index (κ3) is 3.62. The zero-order valence-corrected chi connectivity index (χ0v) is 14.0. The molecule has 0 bridgehead atoms. The van der Waals surface area contributed by atoms with Crippen LogP contribution in [0, 0.1) is 4.77 Å². The minimum absolute atomic E-state index is 0.582. The first-order chi connectivity index (χ1) is 11.3. The van der Waals surface area contributed by atoms with Crippen molar-refractivity contribution in [1.82, 2.24) is 19.0 Å². The standard InChI is InChI=1S/C15H18F3N5S/c1-20-4-7-23(14(20)24)11-21-5-8-22(9-6-21)13-3-2-12(10-19-13)15(16,17)18/h2-4,7,10H,5-6,8-9,11H2,1H3. The van der Waals surface area contributed by atoms with E-state index in [1.54, 1.807) is 0 Å². The van der Waals surface area contributed by atoms with Gasteiger partial charge in [-0.25, -0.2) is 4.98 Å². The average molecular weight is 357 g/mol. The van der Waals surface area contributed by atoms with Gasteiger partial charge in [0.15, 0.2) is 4.77 Å². The van der Waals surface area contributed by atoms with Gasteiger partial charge in [-0.2, -0.15) is 13.2 Å². The highest BCUT2D eigenvalue weighted by molar-refractivity contribution is 7.71. The van der Waals surface area contributed by atoms with E-state index in [4.69, 9.17) is 12.2 Å². The van der Waals surface area contributed by atoms with Crippen LogP contribution in [0.5, 0.6) is 0 Å². The number of piperazine rings is 1. The number of alkyl halides is 3. The maximum Gasteiger partial charge on any atom is 0.417 e. The molecule has 5 nitrogen and oxygen atoms in total. The van der Waals surface area contributed by atoms with Gasteiger partial charge in [0.25, 0.3) is 0 Å². The molecule has 0 atom stereocenters. The number of aromatic nitrogens is 3. The molecule has 3 rings (SSSR count). The maximum absolute atomic E-state index is 12.6. The van der Waals surface area contributed by atoms with Gasteiger partial charge >= 0.3 is 6.18 Å². The van der Waals surface area contributed by atoms with Gasteiger partial charge in [0.1, 0.15) is 5.82 Å². The summed E-state index contributed by atoms with van der Waals surface area (Å²) in [5.74, 6) is 0.582. The largest absolute Gasteiger partial charge is 0.417 e. The topological polar surface area (TPSA) is 29.2 Å². The van der Waals surface area contributed by atoms with Crippen LogP contribution in [-0.2, 0) is 19.9 Å². The van der Waals surface area contributed by atoms with Crippen molar-refractivity contribution in [3.63, 3.8) is 0 Å². The van der Waals surface area contributed by atoms with Crippen LogP contribution in [0.4, 0.5) is 19.0 Å². The van der Waals surface area contributed by atoms with E-state index in [0.717, 1.165) is 43.2 Å². The molecule has 3 heterocycles. The lowest BCUT2D eigenvalue weighted by molar-refractivity contribution is -0.137. The summed E-state index contributed by atoms with van der Waals surface area (Å²) in [5, 5.41) is 0. The van der Waals surface area contributed by atoms with Gasteiger partial charge < -0.3 is 14.0 Å². The molecular formula is C15H18F3N5S. The van der Waals surface area contributed by atoms with Crippen molar-refractivity contribution in [2.24, 2.45) is 7.05 Å². The molecule has 0 saturated carbocycles. The molecule has 1 aliphatic rings. The zero-order chi connectivity index (χ0) is 17.3. The van der Waals surface area contributed by atoms with Gasteiger partial charge in [0, 0.05) is 51.8 Å². The van der Waals surface area contributed by atoms with E-state index in [1.807, 2.05) is 33.5 Å². The Bertz CT molecular complexity index is 742. The number of anilines is 1. The second-order valence-electron chi connectivity index (χ2n) is 5.81. The fourth-order valence-corrected chi connectivity index (χ4v) is 2.87. The van der Waals surface area contributed by atoms with E-state index in [1.165, 1.54) is 6.07 Å². The van der Waals surface area contributed by atoms with Gasteiger partial charge in [-0.05, 0) is 24.4 Å². The Hall–Kier alpha value is -1.87. The van der Waals surface area contributed by atoms with Gasteiger partial charge in [-0.15, -0.1) is 0 Å². The van der Waals surface area contributed by atoms with Crippen molar-refractivity contribution in [1.29, 1.82) is 0 Å². The average Bonchev–Trinajstić information content (AvgIpc) is 2.87. The summed E-state index contributed by atoms with van der Waals surface area (Å²) >= 11 is 5.32. The molecule has 0 spiro atoms. The molecule has 0 amide bonds. The Morgan fingerprint density at radius 3 is 2.33 bits per heavy atom. The third-order valence-corrected chi connectivity index (χ3v) is 4.66.